The van der Waals surface area contributed by atoms with Gasteiger partial charge in [0.25, 0.3) is 6.01 Å². The molecule has 4 N–H and O–H groups in total. The number of fused-ring (bicyclic) bond motifs is 1. The van der Waals surface area contributed by atoms with Crippen LogP contribution in [-0.4, -0.2) is 17.4 Å². The highest BCUT2D eigenvalue weighted by atomic mass is 16.4. The van der Waals surface area contributed by atoms with Crippen LogP contribution in [0.1, 0.15) is 12.8 Å². The molecule has 6 heteroatoms. The minimum atomic E-state index is -0.0323. The fraction of sp³-hybridized carbons (Fsp3) is 0.176. The number of oxazole rings is 1. The smallest absolute Gasteiger partial charge is 0.300 e. The van der Waals surface area contributed by atoms with E-state index in [4.69, 9.17) is 10.2 Å². The molecule has 118 valence electrons. The van der Waals surface area contributed by atoms with Crippen molar-refractivity contribution in [3.63, 3.8) is 0 Å². The number of hydrogen-bond donors (Lipinski definition) is 3. The van der Waals surface area contributed by atoms with Crippen molar-refractivity contribution in [3.05, 3.63) is 48.5 Å². The van der Waals surface area contributed by atoms with Gasteiger partial charge in [0.2, 0.25) is 5.91 Å². The summed E-state index contributed by atoms with van der Waals surface area (Å²) in [5.74, 6) is -0.0323. The van der Waals surface area contributed by atoms with E-state index < -0.39 is 0 Å². The Balaban J connectivity index is 1.64. The van der Waals surface area contributed by atoms with Crippen LogP contribution in [-0.2, 0) is 4.79 Å². The first-order valence-electron chi connectivity index (χ1n) is 7.47. The number of para-hydroxylation sites is 2. The standard InChI is InChI=1S/C17H18N4O2/c18-11-3-6-16(22)19-12-7-9-13(10-8-12)20-17-21-14-4-1-2-5-15(14)23-17/h1-2,4-5,7-10H,3,6,11,18H2,(H,19,22)(H,20,21). The Kier molecular flexibility index (Phi) is 4.54. The number of aromatic nitrogens is 1. The summed E-state index contributed by atoms with van der Waals surface area (Å²) in [7, 11) is 0. The van der Waals surface area contributed by atoms with E-state index in [0.717, 1.165) is 22.5 Å². The molecule has 0 aliphatic rings. The summed E-state index contributed by atoms with van der Waals surface area (Å²) in [5.41, 5.74) is 8.50. The number of carbonyl (C=O) groups excluding carboxylic acids is 1. The highest BCUT2D eigenvalue weighted by molar-refractivity contribution is 5.90. The van der Waals surface area contributed by atoms with Crippen molar-refractivity contribution in [1.29, 1.82) is 0 Å². The molecule has 0 atom stereocenters. The van der Waals surface area contributed by atoms with Crippen LogP contribution in [0.5, 0.6) is 0 Å². The molecule has 0 unspecified atom stereocenters. The summed E-state index contributed by atoms with van der Waals surface area (Å²) in [5, 5.41) is 5.93. The number of hydrogen-bond acceptors (Lipinski definition) is 5. The number of anilines is 3. The van der Waals surface area contributed by atoms with Gasteiger partial charge in [-0.05, 0) is 49.4 Å². The number of nitrogens with zero attached hydrogens (tertiary/aromatic N) is 1. The van der Waals surface area contributed by atoms with Crippen molar-refractivity contribution >= 4 is 34.4 Å². The van der Waals surface area contributed by atoms with Gasteiger partial charge >= 0.3 is 0 Å². The monoisotopic (exact) mass is 310 g/mol. The average Bonchev–Trinajstić information content (AvgIpc) is 2.97. The van der Waals surface area contributed by atoms with Gasteiger partial charge in [0, 0.05) is 17.8 Å². The highest BCUT2D eigenvalue weighted by Crippen LogP contribution is 2.22. The van der Waals surface area contributed by atoms with Crippen molar-refractivity contribution in [2.75, 3.05) is 17.2 Å². The topological polar surface area (TPSA) is 93.2 Å². The molecule has 0 saturated heterocycles. The van der Waals surface area contributed by atoms with E-state index in [0.29, 0.717) is 25.4 Å². The zero-order valence-corrected chi connectivity index (χ0v) is 12.6. The van der Waals surface area contributed by atoms with Gasteiger partial charge in [0.1, 0.15) is 5.52 Å². The molecule has 1 heterocycles. The minimum Gasteiger partial charge on any atom is -0.423 e. The Bertz CT molecular complexity index is 763. The molecule has 2 aromatic carbocycles. The Morgan fingerprint density at radius 2 is 1.83 bits per heavy atom. The lowest BCUT2D eigenvalue weighted by molar-refractivity contribution is -0.116. The van der Waals surface area contributed by atoms with E-state index in [2.05, 4.69) is 15.6 Å². The second-order valence-electron chi connectivity index (χ2n) is 5.13. The number of nitrogens with one attached hydrogen (secondary N) is 2. The normalized spacial score (nSPS) is 10.7. The number of amides is 1. The Labute approximate surface area is 133 Å². The third kappa shape index (κ3) is 3.87. The van der Waals surface area contributed by atoms with Crippen LogP contribution in [0.25, 0.3) is 11.1 Å². The number of carbonyl (C=O) groups is 1. The summed E-state index contributed by atoms with van der Waals surface area (Å²) in [6.45, 7) is 0.515. The van der Waals surface area contributed by atoms with Crippen LogP contribution < -0.4 is 16.4 Å². The van der Waals surface area contributed by atoms with Crippen LogP contribution in [0.15, 0.2) is 52.9 Å². The van der Waals surface area contributed by atoms with Gasteiger partial charge in [-0.25, -0.2) is 0 Å². The number of nitrogens with two attached hydrogens (primary N) is 1. The van der Waals surface area contributed by atoms with E-state index in [1.807, 2.05) is 48.5 Å². The highest BCUT2D eigenvalue weighted by Gasteiger charge is 2.06. The van der Waals surface area contributed by atoms with Gasteiger partial charge < -0.3 is 20.8 Å². The molecule has 3 aromatic rings. The van der Waals surface area contributed by atoms with Crippen LogP contribution in [0.3, 0.4) is 0 Å². The lowest BCUT2D eigenvalue weighted by Crippen LogP contribution is -2.13. The summed E-state index contributed by atoms with van der Waals surface area (Å²) < 4.78 is 5.61. The lowest BCUT2D eigenvalue weighted by Gasteiger charge is -2.06. The van der Waals surface area contributed by atoms with Crippen molar-refractivity contribution in [3.8, 4) is 0 Å². The third-order valence-corrected chi connectivity index (χ3v) is 3.32. The molecule has 1 amide bonds. The number of benzene rings is 2. The molecule has 0 radical (unpaired) electrons. The quantitative estimate of drug-likeness (QED) is 0.650. The van der Waals surface area contributed by atoms with E-state index in [-0.39, 0.29) is 5.91 Å². The second-order valence-corrected chi connectivity index (χ2v) is 5.13. The molecule has 0 spiro atoms. The van der Waals surface area contributed by atoms with Crippen molar-refractivity contribution in [1.82, 2.24) is 4.98 Å². The third-order valence-electron chi connectivity index (χ3n) is 3.32. The van der Waals surface area contributed by atoms with E-state index >= 15 is 0 Å². The molecule has 0 aliphatic carbocycles. The predicted molar refractivity (Wildman–Crippen MR) is 90.7 cm³/mol. The van der Waals surface area contributed by atoms with Crippen LogP contribution in [0, 0.1) is 0 Å². The van der Waals surface area contributed by atoms with Gasteiger partial charge in [0.05, 0.1) is 0 Å². The molecule has 0 fully saturated rings. The zero-order valence-electron chi connectivity index (χ0n) is 12.6. The first-order valence-corrected chi connectivity index (χ1v) is 7.47. The van der Waals surface area contributed by atoms with Gasteiger partial charge in [0.15, 0.2) is 5.58 Å². The van der Waals surface area contributed by atoms with E-state index in [9.17, 15) is 4.79 Å². The molecule has 0 aliphatic heterocycles. The fourth-order valence-corrected chi connectivity index (χ4v) is 2.17. The molecule has 3 rings (SSSR count). The SMILES string of the molecule is NCCCC(=O)Nc1ccc(Nc2nc3ccccc3o2)cc1. The van der Waals surface area contributed by atoms with Crippen LogP contribution in [0.2, 0.25) is 0 Å². The molecular weight excluding hydrogens is 292 g/mol. The molecule has 0 saturated carbocycles. The maximum Gasteiger partial charge on any atom is 0.300 e. The first-order chi connectivity index (χ1) is 11.2. The van der Waals surface area contributed by atoms with Crippen LogP contribution in [0.4, 0.5) is 17.4 Å². The Hall–Kier alpha value is -2.86. The van der Waals surface area contributed by atoms with Crippen LogP contribution >= 0.6 is 0 Å². The predicted octanol–water partition coefficient (Wildman–Crippen LogP) is 3.25. The Morgan fingerprint density at radius 1 is 1.09 bits per heavy atom. The Morgan fingerprint density at radius 3 is 2.57 bits per heavy atom. The van der Waals surface area contributed by atoms with Crippen molar-refractivity contribution < 1.29 is 9.21 Å². The average molecular weight is 310 g/mol. The first kappa shape index (κ1) is 15.1. The molecule has 1 aromatic heterocycles. The zero-order chi connectivity index (χ0) is 16.1. The molecular formula is C17H18N4O2. The molecule has 6 nitrogen and oxygen atoms in total. The molecule has 0 bridgehead atoms. The largest absolute Gasteiger partial charge is 0.423 e. The van der Waals surface area contributed by atoms with Gasteiger partial charge in [-0.2, -0.15) is 4.98 Å². The van der Waals surface area contributed by atoms with Crippen molar-refractivity contribution in [2.45, 2.75) is 12.8 Å². The van der Waals surface area contributed by atoms with Crippen molar-refractivity contribution in [2.24, 2.45) is 5.73 Å². The summed E-state index contributed by atoms with van der Waals surface area (Å²) in [6.07, 6.45) is 1.11. The molecule has 23 heavy (non-hydrogen) atoms. The van der Waals surface area contributed by atoms with Gasteiger partial charge in [-0.15, -0.1) is 0 Å². The fourth-order valence-electron chi connectivity index (χ4n) is 2.17. The summed E-state index contributed by atoms with van der Waals surface area (Å²) >= 11 is 0. The lowest BCUT2D eigenvalue weighted by atomic mass is 10.2. The van der Waals surface area contributed by atoms with E-state index in [1.54, 1.807) is 0 Å². The van der Waals surface area contributed by atoms with E-state index in [1.165, 1.54) is 0 Å². The maximum absolute atomic E-state index is 11.6. The number of rotatable bonds is 6. The summed E-state index contributed by atoms with van der Waals surface area (Å²) in [4.78, 5) is 16.0. The summed E-state index contributed by atoms with van der Waals surface area (Å²) in [6, 6.07) is 15.4. The maximum atomic E-state index is 11.6. The van der Waals surface area contributed by atoms with Gasteiger partial charge in [-0.1, -0.05) is 12.1 Å². The van der Waals surface area contributed by atoms with Gasteiger partial charge in [-0.3, -0.25) is 4.79 Å². The second kappa shape index (κ2) is 6.93. The minimum absolute atomic E-state index is 0.0323.